The summed E-state index contributed by atoms with van der Waals surface area (Å²) in [6.45, 7) is 5.91. The second kappa shape index (κ2) is 5.29. The molecule has 0 aliphatic heterocycles. The molecule has 0 aromatic heterocycles. The molecule has 0 heterocycles. The van der Waals surface area contributed by atoms with Crippen molar-refractivity contribution in [1.82, 2.24) is 0 Å². The summed E-state index contributed by atoms with van der Waals surface area (Å²) in [4.78, 5) is 45.5. The average Bonchev–Trinajstić information content (AvgIpc) is 2.13. The lowest BCUT2D eigenvalue weighted by Crippen LogP contribution is -2.46. The van der Waals surface area contributed by atoms with Crippen LogP contribution in [0.1, 0.15) is 40.5 Å². The zero-order valence-corrected chi connectivity index (χ0v) is 11.2. The quantitative estimate of drug-likeness (QED) is 0.619. The van der Waals surface area contributed by atoms with Crippen LogP contribution in [-0.2, 0) is 19.2 Å². The maximum atomic E-state index is 12.2. The van der Waals surface area contributed by atoms with E-state index in [2.05, 4.69) is 0 Å². The van der Waals surface area contributed by atoms with Crippen LogP contribution in [0.3, 0.4) is 0 Å². The fraction of sp³-hybridized carbons (Fsp3) is 0.667. The number of amides is 2. The van der Waals surface area contributed by atoms with Gasteiger partial charge in [0, 0.05) is 11.8 Å². The van der Waals surface area contributed by atoms with Gasteiger partial charge in [-0.3, -0.25) is 19.2 Å². The van der Waals surface area contributed by atoms with E-state index in [4.69, 9.17) is 11.5 Å². The largest absolute Gasteiger partial charge is 0.369 e. The lowest BCUT2D eigenvalue weighted by molar-refractivity contribution is -0.146. The first-order valence-electron chi connectivity index (χ1n) is 5.56. The van der Waals surface area contributed by atoms with E-state index in [0.29, 0.717) is 0 Å². The SMILES string of the molecule is CC(C)(CC(=O)CC(N)=O)C(=O)C(C)(C)C(N)=O. The van der Waals surface area contributed by atoms with Crippen molar-refractivity contribution >= 4 is 23.4 Å². The molecule has 0 bridgehead atoms. The maximum Gasteiger partial charge on any atom is 0.230 e. The number of hydrogen-bond acceptors (Lipinski definition) is 4. The molecule has 4 N–H and O–H groups in total. The Bertz CT molecular complexity index is 397. The van der Waals surface area contributed by atoms with Crippen molar-refractivity contribution in [1.29, 1.82) is 0 Å². The fourth-order valence-electron chi connectivity index (χ4n) is 1.79. The van der Waals surface area contributed by atoms with Crippen molar-refractivity contribution in [2.75, 3.05) is 0 Å². The summed E-state index contributed by atoms with van der Waals surface area (Å²) in [5.74, 6) is -2.35. The maximum absolute atomic E-state index is 12.2. The number of Topliss-reactive ketones (excluding diaryl/α,β-unsaturated/α-hetero) is 2. The Balaban J connectivity index is 4.94. The van der Waals surface area contributed by atoms with Crippen LogP contribution in [0, 0.1) is 10.8 Å². The molecule has 0 radical (unpaired) electrons. The van der Waals surface area contributed by atoms with Gasteiger partial charge >= 0.3 is 0 Å². The van der Waals surface area contributed by atoms with Crippen LogP contribution in [0.25, 0.3) is 0 Å². The standard InChI is InChI=1S/C12H20N2O4/c1-11(2,6-7(15)5-8(13)16)9(17)12(3,4)10(14)18/h5-6H2,1-4H3,(H2,13,16)(H2,14,18). The van der Waals surface area contributed by atoms with Crippen LogP contribution in [0.4, 0.5) is 0 Å². The fourth-order valence-corrected chi connectivity index (χ4v) is 1.79. The van der Waals surface area contributed by atoms with Crippen LogP contribution in [0.2, 0.25) is 0 Å². The van der Waals surface area contributed by atoms with Crippen LogP contribution < -0.4 is 11.5 Å². The number of hydrogen-bond donors (Lipinski definition) is 2. The molecule has 102 valence electrons. The highest BCUT2D eigenvalue weighted by atomic mass is 16.2. The topological polar surface area (TPSA) is 120 Å². The van der Waals surface area contributed by atoms with E-state index in [1.807, 2.05) is 0 Å². The average molecular weight is 256 g/mol. The first kappa shape index (κ1) is 16.3. The second-order valence-electron chi connectivity index (χ2n) is 5.56. The predicted molar refractivity (Wildman–Crippen MR) is 65.2 cm³/mol. The van der Waals surface area contributed by atoms with Gasteiger partial charge in [0.05, 0.1) is 6.42 Å². The van der Waals surface area contributed by atoms with Crippen molar-refractivity contribution in [3.8, 4) is 0 Å². The molecule has 6 nitrogen and oxygen atoms in total. The molecule has 2 amide bonds. The van der Waals surface area contributed by atoms with Crippen LogP contribution >= 0.6 is 0 Å². The van der Waals surface area contributed by atoms with E-state index in [-0.39, 0.29) is 6.42 Å². The van der Waals surface area contributed by atoms with Gasteiger partial charge in [-0.1, -0.05) is 13.8 Å². The second-order valence-corrected chi connectivity index (χ2v) is 5.56. The number of primary amides is 2. The Morgan fingerprint density at radius 1 is 0.944 bits per heavy atom. The molecule has 18 heavy (non-hydrogen) atoms. The molecule has 0 saturated heterocycles. The molecule has 0 unspecified atom stereocenters. The summed E-state index contributed by atoms with van der Waals surface area (Å²) in [6, 6.07) is 0. The molecule has 0 fully saturated rings. The van der Waals surface area contributed by atoms with Gasteiger partial charge in [-0.15, -0.1) is 0 Å². The van der Waals surface area contributed by atoms with E-state index in [1.54, 1.807) is 13.8 Å². The summed E-state index contributed by atoms with van der Waals surface area (Å²) >= 11 is 0. The van der Waals surface area contributed by atoms with E-state index < -0.39 is 40.6 Å². The van der Waals surface area contributed by atoms with Gasteiger partial charge < -0.3 is 11.5 Å². The van der Waals surface area contributed by atoms with Crippen molar-refractivity contribution in [2.24, 2.45) is 22.3 Å². The molecule has 0 saturated carbocycles. The number of nitrogens with two attached hydrogens (primary N) is 2. The van der Waals surface area contributed by atoms with Gasteiger partial charge in [-0.25, -0.2) is 0 Å². The lowest BCUT2D eigenvalue weighted by Gasteiger charge is -2.30. The Morgan fingerprint density at radius 3 is 1.72 bits per heavy atom. The van der Waals surface area contributed by atoms with Crippen molar-refractivity contribution in [3.05, 3.63) is 0 Å². The molecular weight excluding hydrogens is 236 g/mol. The third-order valence-electron chi connectivity index (χ3n) is 2.81. The third kappa shape index (κ3) is 3.94. The molecule has 0 aliphatic rings. The molecule has 0 aliphatic carbocycles. The molecular formula is C12H20N2O4. The first-order chi connectivity index (χ1) is 7.91. The third-order valence-corrected chi connectivity index (χ3v) is 2.81. The number of carbonyl (C=O) groups excluding carboxylic acids is 4. The van der Waals surface area contributed by atoms with Gasteiger partial charge in [0.1, 0.15) is 11.2 Å². The van der Waals surface area contributed by atoms with Crippen LogP contribution in [-0.4, -0.2) is 23.4 Å². The Morgan fingerprint density at radius 2 is 1.39 bits per heavy atom. The minimum absolute atomic E-state index is 0.147. The van der Waals surface area contributed by atoms with Gasteiger partial charge in [0.15, 0.2) is 5.78 Å². The molecule has 0 aromatic rings. The summed E-state index contributed by atoms with van der Waals surface area (Å²) in [7, 11) is 0. The Kier molecular flexibility index (Phi) is 4.78. The predicted octanol–water partition coefficient (Wildman–Crippen LogP) is -0.0722. The van der Waals surface area contributed by atoms with Crippen LogP contribution in [0.15, 0.2) is 0 Å². The normalized spacial score (nSPS) is 12.0. The van der Waals surface area contributed by atoms with Gasteiger partial charge in [-0.2, -0.15) is 0 Å². The Hall–Kier alpha value is -1.72. The molecule has 0 spiro atoms. The first-order valence-corrected chi connectivity index (χ1v) is 5.56. The minimum atomic E-state index is -1.35. The highest BCUT2D eigenvalue weighted by molar-refractivity contribution is 6.08. The van der Waals surface area contributed by atoms with Gasteiger partial charge in [-0.05, 0) is 13.8 Å². The summed E-state index contributed by atoms with van der Waals surface area (Å²) < 4.78 is 0. The molecule has 6 heteroatoms. The minimum Gasteiger partial charge on any atom is -0.369 e. The number of carbonyl (C=O) groups is 4. The molecule has 0 atom stereocenters. The number of rotatable bonds is 7. The zero-order chi connectivity index (χ0) is 14.7. The molecule has 0 rings (SSSR count). The van der Waals surface area contributed by atoms with Gasteiger partial charge in [0.2, 0.25) is 11.8 Å². The molecule has 0 aromatic carbocycles. The monoisotopic (exact) mass is 256 g/mol. The summed E-state index contributed by atoms with van der Waals surface area (Å²) in [5.41, 5.74) is 7.65. The smallest absolute Gasteiger partial charge is 0.230 e. The van der Waals surface area contributed by atoms with E-state index in [1.165, 1.54) is 13.8 Å². The van der Waals surface area contributed by atoms with E-state index in [9.17, 15) is 19.2 Å². The van der Waals surface area contributed by atoms with Crippen molar-refractivity contribution < 1.29 is 19.2 Å². The van der Waals surface area contributed by atoms with Crippen LogP contribution in [0.5, 0.6) is 0 Å². The summed E-state index contributed by atoms with van der Waals surface area (Å²) in [5, 5.41) is 0. The van der Waals surface area contributed by atoms with Gasteiger partial charge in [0.25, 0.3) is 0 Å². The van der Waals surface area contributed by atoms with E-state index in [0.717, 1.165) is 0 Å². The zero-order valence-electron chi connectivity index (χ0n) is 11.2. The van der Waals surface area contributed by atoms with Crippen molar-refractivity contribution in [3.63, 3.8) is 0 Å². The lowest BCUT2D eigenvalue weighted by atomic mass is 9.70. The highest BCUT2D eigenvalue weighted by Crippen LogP contribution is 2.32. The highest BCUT2D eigenvalue weighted by Gasteiger charge is 2.43. The summed E-state index contributed by atoms with van der Waals surface area (Å²) in [6.07, 6.45) is -0.556. The Labute approximate surface area is 106 Å². The van der Waals surface area contributed by atoms with E-state index >= 15 is 0 Å². The van der Waals surface area contributed by atoms with Crippen molar-refractivity contribution in [2.45, 2.75) is 40.5 Å². The number of ketones is 2.